The van der Waals surface area contributed by atoms with Crippen LogP contribution in [0, 0.1) is 0 Å². The number of nitrogens with two attached hydrogens (primary N) is 1. The molecule has 1 aromatic carbocycles. The van der Waals surface area contributed by atoms with Crippen molar-refractivity contribution in [3.8, 4) is 0 Å². The van der Waals surface area contributed by atoms with Crippen LogP contribution in [-0.4, -0.2) is 11.1 Å². The van der Waals surface area contributed by atoms with Gasteiger partial charge in [0.1, 0.15) is 0 Å². The Morgan fingerprint density at radius 3 is 2.94 bits per heavy atom. The Hall–Kier alpha value is -1.28. The van der Waals surface area contributed by atoms with Crippen molar-refractivity contribution in [3.63, 3.8) is 0 Å². The van der Waals surface area contributed by atoms with Crippen molar-refractivity contribution in [1.82, 2.24) is 4.57 Å². The molecule has 2 nitrogen and oxygen atoms in total. The minimum absolute atomic E-state index is 0.779. The molecule has 0 fully saturated rings. The van der Waals surface area contributed by atoms with Gasteiger partial charge >= 0.3 is 0 Å². The van der Waals surface area contributed by atoms with Crippen molar-refractivity contribution in [1.29, 1.82) is 0 Å². The van der Waals surface area contributed by atoms with Crippen LogP contribution in [0.1, 0.15) is 24.1 Å². The van der Waals surface area contributed by atoms with Gasteiger partial charge in [-0.05, 0) is 43.9 Å². The van der Waals surface area contributed by atoms with E-state index in [4.69, 9.17) is 5.73 Å². The summed E-state index contributed by atoms with van der Waals surface area (Å²) >= 11 is 0. The zero-order valence-electron chi connectivity index (χ0n) is 9.58. The second kappa shape index (κ2) is 3.95. The summed E-state index contributed by atoms with van der Waals surface area (Å²) in [6.07, 6.45) is 4.89. The van der Waals surface area contributed by atoms with Crippen LogP contribution in [0.3, 0.4) is 0 Å². The Balaban J connectivity index is 2.17. The number of aromatic nitrogens is 1. The molecule has 2 aromatic rings. The predicted molar refractivity (Wildman–Crippen MR) is 67.6 cm³/mol. The van der Waals surface area contributed by atoms with Crippen LogP contribution in [-0.2, 0) is 19.4 Å². The number of nitrogens with zero attached hydrogens (tertiary/aromatic N) is 1. The van der Waals surface area contributed by atoms with Gasteiger partial charge in [-0.25, -0.2) is 0 Å². The number of para-hydroxylation sites is 1. The molecule has 0 saturated carbocycles. The fraction of sp³-hybridized carbons (Fsp3) is 0.429. The number of hydrogen-bond donors (Lipinski definition) is 1. The monoisotopic (exact) mass is 214 g/mol. The summed E-state index contributed by atoms with van der Waals surface area (Å²) < 4.78 is 2.49. The maximum absolute atomic E-state index is 5.62. The molecule has 0 amide bonds. The first kappa shape index (κ1) is 9.91. The highest BCUT2D eigenvalue weighted by atomic mass is 15.0. The van der Waals surface area contributed by atoms with Crippen molar-refractivity contribution in [3.05, 3.63) is 35.5 Å². The van der Waals surface area contributed by atoms with Gasteiger partial charge in [0, 0.05) is 23.1 Å². The van der Waals surface area contributed by atoms with E-state index in [9.17, 15) is 0 Å². The van der Waals surface area contributed by atoms with E-state index >= 15 is 0 Å². The van der Waals surface area contributed by atoms with E-state index in [0.29, 0.717) is 0 Å². The summed E-state index contributed by atoms with van der Waals surface area (Å²) in [4.78, 5) is 0. The van der Waals surface area contributed by atoms with E-state index in [0.717, 1.165) is 19.5 Å². The Morgan fingerprint density at radius 2 is 2.06 bits per heavy atom. The Kier molecular flexibility index (Phi) is 2.44. The van der Waals surface area contributed by atoms with Gasteiger partial charge in [0.05, 0.1) is 0 Å². The summed E-state index contributed by atoms with van der Waals surface area (Å²) in [5.74, 6) is 0. The molecule has 0 spiro atoms. The van der Waals surface area contributed by atoms with Crippen molar-refractivity contribution in [2.24, 2.45) is 5.73 Å². The van der Waals surface area contributed by atoms with E-state index < -0.39 is 0 Å². The van der Waals surface area contributed by atoms with Crippen molar-refractivity contribution >= 4 is 10.9 Å². The molecule has 2 N–H and O–H groups in total. The fourth-order valence-electron chi connectivity index (χ4n) is 2.93. The van der Waals surface area contributed by atoms with Crippen LogP contribution in [0.2, 0.25) is 0 Å². The highest BCUT2D eigenvalue weighted by Gasteiger charge is 2.20. The molecule has 1 aliphatic carbocycles. The van der Waals surface area contributed by atoms with E-state index in [1.807, 2.05) is 0 Å². The Labute approximate surface area is 96.1 Å². The van der Waals surface area contributed by atoms with Crippen LogP contribution < -0.4 is 5.73 Å². The largest absolute Gasteiger partial charge is 0.344 e. The SMILES string of the molecule is NCCCn1c2c(c3ccccc31)CCC2. The lowest BCUT2D eigenvalue weighted by Crippen LogP contribution is -2.07. The molecule has 1 aromatic heterocycles. The molecule has 1 aliphatic rings. The van der Waals surface area contributed by atoms with E-state index in [1.165, 1.54) is 30.2 Å². The lowest BCUT2D eigenvalue weighted by atomic mass is 10.1. The van der Waals surface area contributed by atoms with E-state index in [-0.39, 0.29) is 0 Å². The first-order valence-corrected chi connectivity index (χ1v) is 6.21. The number of hydrogen-bond acceptors (Lipinski definition) is 1. The molecule has 3 rings (SSSR count). The highest BCUT2D eigenvalue weighted by molar-refractivity contribution is 5.86. The lowest BCUT2D eigenvalue weighted by molar-refractivity contribution is 0.645. The van der Waals surface area contributed by atoms with Gasteiger partial charge in [-0.1, -0.05) is 18.2 Å². The van der Waals surface area contributed by atoms with Gasteiger partial charge in [-0.15, -0.1) is 0 Å². The molecule has 0 bridgehead atoms. The average molecular weight is 214 g/mol. The second-order valence-electron chi connectivity index (χ2n) is 4.59. The van der Waals surface area contributed by atoms with Crippen molar-refractivity contribution < 1.29 is 0 Å². The van der Waals surface area contributed by atoms with Crippen LogP contribution in [0.4, 0.5) is 0 Å². The van der Waals surface area contributed by atoms with Gasteiger partial charge in [-0.2, -0.15) is 0 Å². The molecule has 0 aliphatic heterocycles. The summed E-state index contributed by atoms with van der Waals surface area (Å²) in [5, 5.41) is 1.46. The summed E-state index contributed by atoms with van der Waals surface area (Å²) in [6.45, 7) is 1.85. The fourth-order valence-corrected chi connectivity index (χ4v) is 2.93. The molecule has 0 atom stereocenters. The lowest BCUT2D eigenvalue weighted by Gasteiger charge is -2.08. The molecule has 16 heavy (non-hydrogen) atoms. The second-order valence-corrected chi connectivity index (χ2v) is 4.59. The van der Waals surface area contributed by atoms with Crippen molar-refractivity contribution in [2.45, 2.75) is 32.2 Å². The van der Waals surface area contributed by atoms with Crippen molar-refractivity contribution in [2.75, 3.05) is 6.54 Å². The Bertz CT molecular complexity index is 511. The molecular formula is C14H18N2. The maximum Gasteiger partial charge on any atom is 0.0485 e. The van der Waals surface area contributed by atoms with E-state index in [2.05, 4.69) is 28.8 Å². The van der Waals surface area contributed by atoms with Gasteiger partial charge in [-0.3, -0.25) is 0 Å². The van der Waals surface area contributed by atoms with Crippen LogP contribution in [0.5, 0.6) is 0 Å². The first-order chi connectivity index (χ1) is 7.92. The quantitative estimate of drug-likeness (QED) is 0.836. The first-order valence-electron chi connectivity index (χ1n) is 6.21. The highest BCUT2D eigenvalue weighted by Crippen LogP contribution is 2.32. The molecule has 2 heteroatoms. The molecule has 0 saturated heterocycles. The number of aryl methyl sites for hydroxylation is 2. The third kappa shape index (κ3) is 1.37. The van der Waals surface area contributed by atoms with Crippen LogP contribution in [0.25, 0.3) is 10.9 Å². The third-order valence-corrected chi connectivity index (χ3v) is 3.62. The van der Waals surface area contributed by atoms with E-state index in [1.54, 1.807) is 11.3 Å². The topological polar surface area (TPSA) is 30.9 Å². The summed E-state index contributed by atoms with van der Waals surface area (Å²) in [6, 6.07) is 8.78. The molecule has 84 valence electrons. The Morgan fingerprint density at radius 1 is 1.19 bits per heavy atom. The molecule has 1 heterocycles. The zero-order valence-corrected chi connectivity index (χ0v) is 9.58. The predicted octanol–water partition coefficient (Wildman–Crippen LogP) is 2.48. The average Bonchev–Trinajstić information content (AvgIpc) is 2.87. The number of rotatable bonds is 3. The molecule has 0 radical (unpaired) electrons. The summed E-state index contributed by atoms with van der Waals surface area (Å²) in [7, 11) is 0. The van der Waals surface area contributed by atoms with Gasteiger partial charge in [0.15, 0.2) is 0 Å². The van der Waals surface area contributed by atoms with Crippen LogP contribution >= 0.6 is 0 Å². The number of benzene rings is 1. The number of fused-ring (bicyclic) bond motifs is 3. The zero-order chi connectivity index (χ0) is 11.0. The minimum Gasteiger partial charge on any atom is -0.344 e. The van der Waals surface area contributed by atoms with Gasteiger partial charge < -0.3 is 10.3 Å². The third-order valence-electron chi connectivity index (χ3n) is 3.62. The molecular weight excluding hydrogens is 196 g/mol. The standard InChI is InChI=1S/C14H18N2/c15-9-4-10-16-13-7-2-1-5-11(13)12-6-3-8-14(12)16/h1-2,5,7H,3-4,6,8-10,15H2. The van der Waals surface area contributed by atoms with Gasteiger partial charge in [0.25, 0.3) is 0 Å². The maximum atomic E-state index is 5.62. The molecule has 0 unspecified atom stereocenters. The van der Waals surface area contributed by atoms with Gasteiger partial charge in [0.2, 0.25) is 0 Å². The van der Waals surface area contributed by atoms with Crippen LogP contribution in [0.15, 0.2) is 24.3 Å². The summed E-state index contributed by atoms with van der Waals surface area (Å²) in [5.41, 5.74) is 10.2. The smallest absolute Gasteiger partial charge is 0.0485 e. The normalized spacial score (nSPS) is 14.6. The minimum atomic E-state index is 0.779.